The van der Waals surface area contributed by atoms with Gasteiger partial charge >= 0.3 is 5.97 Å². The average molecular weight is 424 g/mol. The van der Waals surface area contributed by atoms with E-state index in [1.54, 1.807) is 18.3 Å². The van der Waals surface area contributed by atoms with Gasteiger partial charge in [-0.3, -0.25) is 9.36 Å². The Morgan fingerprint density at radius 2 is 1.83 bits per heavy atom. The summed E-state index contributed by atoms with van der Waals surface area (Å²) in [6.45, 7) is 5.60. The number of ether oxygens (including phenoxy) is 1. The minimum atomic E-state index is -0.321. The van der Waals surface area contributed by atoms with Crippen LogP contribution in [0.5, 0.6) is 0 Å². The molecule has 0 saturated heterocycles. The van der Waals surface area contributed by atoms with Crippen molar-refractivity contribution in [2.45, 2.75) is 27.4 Å². The lowest BCUT2D eigenvalue weighted by Crippen LogP contribution is -2.03. The summed E-state index contributed by atoms with van der Waals surface area (Å²) in [6.07, 6.45) is 1.63. The van der Waals surface area contributed by atoms with Crippen LogP contribution in [0, 0.1) is 0 Å². The highest BCUT2D eigenvalue weighted by Crippen LogP contribution is 2.30. The van der Waals surface area contributed by atoms with Crippen molar-refractivity contribution >= 4 is 34.6 Å². The zero-order valence-corrected chi connectivity index (χ0v) is 17.7. The summed E-state index contributed by atoms with van der Waals surface area (Å²) in [5.74, 6) is 0.664. The molecule has 4 rings (SSSR count). The predicted octanol–water partition coefficient (Wildman–Crippen LogP) is 4.81. The molecule has 154 valence electrons. The Balaban J connectivity index is 0.00000124. The first-order valence-corrected chi connectivity index (χ1v) is 9.89. The SMILES string of the molecule is CC.CC(=O)OCc1ccc(-n2c(-c3cccnc3N)nc3ccc(Cl)nc32)cc1. The van der Waals surface area contributed by atoms with Gasteiger partial charge in [-0.25, -0.2) is 15.0 Å². The lowest BCUT2D eigenvalue weighted by molar-refractivity contribution is -0.142. The van der Waals surface area contributed by atoms with E-state index in [0.717, 1.165) is 11.3 Å². The zero-order chi connectivity index (χ0) is 21.7. The molecule has 0 aliphatic rings. The summed E-state index contributed by atoms with van der Waals surface area (Å²) in [6, 6.07) is 14.7. The quantitative estimate of drug-likeness (QED) is 0.374. The molecule has 7 nitrogen and oxygen atoms in total. The number of carbonyl (C=O) groups excluding carboxylic acids is 1. The molecule has 0 spiro atoms. The number of aromatic nitrogens is 4. The van der Waals surface area contributed by atoms with Gasteiger partial charge in [0.1, 0.15) is 23.1 Å². The summed E-state index contributed by atoms with van der Waals surface area (Å²) in [5, 5.41) is 0.367. The van der Waals surface area contributed by atoms with Crippen LogP contribution in [0.4, 0.5) is 5.82 Å². The van der Waals surface area contributed by atoms with Crippen LogP contribution in [0.3, 0.4) is 0 Å². The van der Waals surface area contributed by atoms with Gasteiger partial charge < -0.3 is 10.5 Å². The normalized spacial score (nSPS) is 10.4. The number of nitrogens with two attached hydrogens (primary N) is 1. The number of nitrogens with zero attached hydrogens (tertiary/aromatic N) is 4. The first kappa shape index (κ1) is 21.3. The van der Waals surface area contributed by atoms with Crippen molar-refractivity contribution in [3.05, 3.63) is 65.4 Å². The Hall–Kier alpha value is -3.45. The summed E-state index contributed by atoms with van der Waals surface area (Å²) < 4.78 is 6.92. The molecule has 0 radical (unpaired) electrons. The van der Waals surface area contributed by atoms with Crippen LogP contribution in [0.1, 0.15) is 26.3 Å². The Morgan fingerprint density at radius 3 is 2.50 bits per heavy atom. The molecule has 0 aliphatic carbocycles. The summed E-state index contributed by atoms with van der Waals surface area (Å²) in [7, 11) is 0. The van der Waals surface area contributed by atoms with E-state index in [2.05, 4.69) is 9.97 Å². The number of fused-ring (bicyclic) bond motifs is 1. The molecule has 3 heterocycles. The van der Waals surface area contributed by atoms with Crippen LogP contribution >= 0.6 is 11.6 Å². The molecular formula is C22H22ClN5O2. The molecular weight excluding hydrogens is 402 g/mol. The number of rotatable bonds is 4. The van der Waals surface area contributed by atoms with Crippen LogP contribution in [0.15, 0.2) is 54.7 Å². The number of esters is 1. The third-order valence-corrected chi connectivity index (χ3v) is 4.40. The fraction of sp³-hybridized carbons (Fsp3) is 0.182. The van der Waals surface area contributed by atoms with Gasteiger partial charge in [0.15, 0.2) is 11.5 Å². The van der Waals surface area contributed by atoms with E-state index in [1.807, 2.05) is 54.8 Å². The van der Waals surface area contributed by atoms with E-state index in [-0.39, 0.29) is 12.6 Å². The smallest absolute Gasteiger partial charge is 0.302 e. The third-order valence-electron chi connectivity index (χ3n) is 4.19. The Bertz CT molecular complexity index is 1170. The Morgan fingerprint density at radius 1 is 1.10 bits per heavy atom. The fourth-order valence-electron chi connectivity index (χ4n) is 2.89. The molecule has 2 N–H and O–H groups in total. The molecule has 0 saturated carbocycles. The van der Waals surface area contributed by atoms with Gasteiger partial charge in [-0.1, -0.05) is 37.6 Å². The van der Waals surface area contributed by atoms with Crippen molar-refractivity contribution in [1.29, 1.82) is 0 Å². The van der Waals surface area contributed by atoms with Crippen molar-refractivity contribution in [2.24, 2.45) is 0 Å². The van der Waals surface area contributed by atoms with E-state index in [0.29, 0.717) is 33.5 Å². The van der Waals surface area contributed by atoms with Gasteiger partial charge in [-0.05, 0) is 42.0 Å². The van der Waals surface area contributed by atoms with Gasteiger partial charge in [-0.2, -0.15) is 0 Å². The minimum absolute atomic E-state index is 0.215. The number of halogens is 1. The summed E-state index contributed by atoms with van der Waals surface area (Å²) in [4.78, 5) is 24.3. The van der Waals surface area contributed by atoms with Crippen molar-refractivity contribution in [2.75, 3.05) is 5.73 Å². The second-order valence-corrected chi connectivity index (χ2v) is 6.52. The third kappa shape index (κ3) is 4.41. The largest absolute Gasteiger partial charge is 0.461 e. The Kier molecular flexibility index (Phi) is 6.64. The van der Waals surface area contributed by atoms with E-state index in [9.17, 15) is 4.79 Å². The second-order valence-electron chi connectivity index (χ2n) is 6.13. The number of carbonyl (C=O) groups is 1. The number of anilines is 1. The minimum Gasteiger partial charge on any atom is -0.461 e. The monoisotopic (exact) mass is 423 g/mol. The molecule has 0 fully saturated rings. The number of benzene rings is 1. The molecule has 3 aromatic heterocycles. The first-order valence-electron chi connectivity index (χ1n) is 9.51. The molecule has 8 heteroatoms. The van der Waals surface area contributed by atoms with E-state index >= 15 is 0 Å². The highest BCUT2D eigenvalue weighted by molar-refractivity contribution is 6.29. The van der Waals surface area contributed by atoms with Crippen molar-refractivity contribution in [1.82, 2.24) is 19.5 Å². The lowest BCUT2D eigenvalue weighted by Gasteiger charge is -2.11. The van der Waals surface area contributed by atoms with Crippen LogP contribution in [0.25, 0.3) is 28.2 Å². The summed E-state index contributed by atoms with van der Waals surface area (Å²) in [5.41, 5.74) is 9.77. The van der Waals surface area contributed by atoms with Crippen molar-refractivity contribution < 1.29 is 9.53 Å². The van der Waals surface area contributed by atoms with Gasteiger partial charge in [0.25, 0.3) is 0 Å². The lowest BCUT2D eigenvalue weighted by atomic mass is 10.2. The molecule has 4 aromatic rings. The van der Waals surface area contributed by atoms with E-state index in [4.69, 9.17) is 27.1 Å². The Labute approximate surface area is 179 Å². The number of hydrogen-bond donors (Lipinski definition) is 1. The van der Waals surface area contributed by atoms with Gasteiger partial charge in [0.05, 0.1) is 5.56 Å². The van der Waals surface area contributed by atoms with Crippen LogP contribution in [0.2, 0.25) is 5.15 Å². The molecule has 0 amide bonds. The predicted molar refractivity (Wildman–Crippen MR) is 118 cm³/mol. The van der Waals surface area contributed by atoms with Crippen molar-refractivity contribution in [3.8, 4) is 17.1 Å². The number of pyridine rings is 2. The molecule has 0 unspecified atom stereocenters. The van der Waals surface area contributed by atoms with E-state index in [1.165, 1.54) is 6.92 Å². The maximum Gasteiger partial charge on any atom is 0.302 e. The first-order chi connectivity index (χ1) is 14.5. The zero-order valence-electron chi connectivity index (χ0n) is 17.0. The second kappa shape index (κ2) is 9.37. The highest BCUT2D eigenvalue weighted by Gasteiger charge is 2.18. The van der Waals surface area contributed by atoms with Gasteiger partial charge in [-0.15, -0.1) is 0 Å². The fourth-order valence-corrected chi connectivity index (χ4v) is 3.04. The topological polar surface area (TPSA) is 95.9 Å². The number of nitrogen functional groups attached to an aromatic ring is 1. The van der Waals surface area contributed by atoms with Gasteiger partial charge in [0.2, 0.25) is 0 Å². The average Bonchev–Trinajstić information content (AvgIpc) is 3.12. The maximum absolute atomic E-state index is 11.0. The molecule has 0 aliphatic heterocycles. The summed E-state index contributed by atoms with van der Waals surface area (Å²) >= 11 is 6.12. The van der Waals surface area contributed by atoms with Crippen LogP contribution < -0.4 is 5.73 Å². The molecule has 0 atom stereocenters. The number of imidazole rings is 1. The molecule has 0 bridgehead atoms. The molecule has 30 heavy (non-hydrogen) atoms. The maximum atomic E-state index is 11.0. The highest BCUT2D eigenvalue weighted by atomic mass is 35.5. The van der Waals surface area contributed by atoms with Crippen LogP contribution in [-0.4, -0.2) is 25.5 Å². The standard InChI is InChI=1S/C20H16ClN5O2.C2H6/c1-12(27)28-11-13-4-6-14(7-5-13)26-19(15-3-2-10-23-18(15)22)24-16-8-9-17(21)25-20(16)26;1-2/h2-10H,11H2,1H3,(H2,22,23);1-2H3. The number of hydrogen-bond acceptors (Lipinski definition) is 6. The molecule has 1 aromatic carbocycles. The van der Waals surface area contributed by atoms with Crippen molar-refractivity contribution in [3.63, 3.8) is 0 Å². The van der Waals surface area contributed by atoms with E-state index < -0.39 is 0 Å². The van der Waals surface area contributed by atoms with Crippen LogP contribution in [-0.2, 0) is 16.1 Å². The van der Waals surface area contributed by atoms with Gasteiger partial charge in [0, 0.05) is 18.8 Å².